The number of aromatic nitrogens is 3. The number of carbonyl (C=O) groups is 1. The van der Waals surface area contributed by atoms with Crippen molar-refractivity contribution < 1.29 is 9.53 Å². The molecule has 0 bridgehead atoms. The van der Waals surface area contributed by atoms with Gasteiger partial charge in [-0.2, -0.15) is 0 Å². The number of thiazole rings is 1. The molecule has 0 unspecified atom stereocenters. The van der Waals surface area contributed by atoms with E-state index in [1.165, 1.54) is 18.4 Å². The largest absolute Gasteiger partial charge is 0.480 e. The van der Waals surface area contributed by atoms with Crippen LogP contribution in [0.5, 0.6) is 5.88 Å². The summed E-state index contributed by atoms with van der Waals surface area (Å²) in [4.78, 5) is 25.0. The maximum Gasteiger partial charge on any atom is 0.278 e. The van der Waals surface area contributed by atoms with Gasteiger partial charge in [-0.3, -0.25) is 4.79 Å². The number of hydrogen-bond acceptors (Lipinski definition) is 7. The summed E-state index contributed by atoms with van der Waals surface area (Å²) in [5.74, 6) is 0.593. The van der Waals surface area contributed by atoms with E-state index in [-0.39, 0.29) is 11.6 Å². The van der Waals surface area contributed by atoms with Gasteiger partial charge in [0.25, 0.3) is 5.91 Å². The lowest BCUT2D eigenvalue weighted by Gasteiger charge is -2.09. The molecule has 0 spiro atoms. The van der Waals surface area contributed by atoms with Gasteiger partial charge in [0.15, 0.2) is 5.69 Å². The molecule has 1 amide bonds. The van der Waals surface area contributed by atoms with Crippen molar-refractivity contribution in [3.8, 4) is 5.88 Å². The van der Waals surface area contributed by atoms with E-state index in [0.717, 1.165) is 5.69 Å². The van der Waals surface area contributed by atoms with E-state index < -0.39 is 0 Å². The van der Waals surface area contributed by atoms with Crippen molar-refractivity contribution >= 4 is 33.8 Å². The number of methoxy groups -OCH3 is 1. The Labute approximate surface area is 142 Å². The van der Waals surface area contributed by atoms with Crippen LogP contribution in [0.15, 0.2) is 42.0 Å². The molecule has 2 N–H and O–H groups in total. The van der Waals surface area contributed by atoms with E-state index in [4.69, 9.17) is 4.74 Å². The van der Waals surface area contributed by atoms with Gasteiger partial charge in [-0.05, 0) is 31.2 Å². The highest BCUT2D eigenvalue weighted by molar-refractivity contribution is 7.14. The molecule has 0 fully saturated rings. The average molecular weight is 341 g/mol. The number of amides is 1. The molecular formula is C16H15N5O2S. The molecule has 0 saturated carbocycles. The van der Waals surface area contributed by atoms with E-state index >= 15 is 0 Å². The summed E-state index contributed by atoms with van der Waals surface area (Å²) in [6, 6.07) is 9.02. The molecule has 3 aromatic heterocycles. The molecule has 24 heavy (non-hydrogen) atoms. The highest BCUT2D eigenvalue weighted by Crippen LogP contribution is 2.29. The number of ether oxygens (including phenoxy) is 1. The first-order valence-corrected chi connectivity index (χ1v) is 8.00. The van der Waals surface area contributed by atoms with E-state index in [1.54, 1.807) is 23.8 Å². The third-order valence-electron chi connectivity index (χ3n) is 3.13. The van der Waals surface area contributed by atoms with Crippen molar-refractivity contribution in [2.24, 2.45) is 0 Å². The molecule has 0 aromatic carbocycles. The van der Waals surface area contributed by atoms with Gasteiger partial charge in [-0.1, -0.05) is 6.07 Å². The lowest BCUT2D eigenvalue weighted by atomic mass is 10.3. The summed E-state index contributed by atoms with van der Waals surface area (Å²) in [6.07, 6.45) is 1.63. The Bertz CT molecular complexity index is 865. The van der Waals surface area contributed by atoms with Gasteiger partial charge in [0.2, 0.25) is 5.88 Å². The lowest BCUT2D eigenvalue weighted by molar-refractivity contribution is 0.102. The van der Waals surface area contributed by atoms with Crippen LogP contribution in [-0.4, -0.2) is 28.0 Å². The summed E-state index contributed by atoms with van der Waals surface area (Å²) in [6.45, 7) is 1.86. The SMILES string of the molecule is COc1ncccc1Nc1scnc1C(=O)Nc1cccc(C)n1. The van der Waals surface area contributed by atoms with Crippen LogP contribution in [0, 0.1) is 6.92 Å². The van der Waals surface area contributed by atoms with Crippen LogP contribution in [0.3, 0.4) is 0 Å². The summed E-state index contributed by atoms with van der Waals surface area (Å²) in [7, 11) is 1.54. The number of aryl methyl sites for hydroxylation is 1. The van der Waals surface area contributed by atoms with Crippen LogP contribution in [-0.2, 0) is 0 Å². The Morgan fingerprint density at radius 3 is 2.88 bits per heavy atom. The molecule has 3 heterocycles. The fraction of sp³-hybridized carbons (Fsp3) is 0.125. The quantitative estimate of drug-likeness (QED) is 0.740. The number of anilines is 3. The van der Waals surface area contributed by atoms with E-state index in [9.17, 15) is 4.79 Å². The summed E-state index contributed by atoms with van der Waals surface area (Å²) in [5.41, 5.74) is 3.37. The average Bonchev–Trinajstić information content (AvgIpc) is 3.03. The molecular weight excluding hydrogens is 326 g/mol. The Morgan fingerprint density at radius 1 is 1.21 bits per heavy atom. The van der Waals surface area contributed by atoms with Crippen LogP contribution in [0.2, 0.25) is 0 Å². The van der Waals surface area contributed by atoms with Crippen molar-refractivity contribution in [1.29, 1.82) is 0 Å². The minimum absolute atomic E-state index is 0.286. The second-order valence-electron chi connectivity index (χ2n) is 4.83. The van der Waals surface area contributed by atoms with Crippen molar-refractivity contribution in [2.75, 3.05) is 17.7 Å². The fourth-order valence-corrected chi connectivity index (χ4v) is 2.75. The summed E-state index contributed by atoms with van der Waals surface area (Å²) < 4.78 is 5.20. The second kappa shape index (κ2) is 7.05. The van der Waals surface area contributed by atoms with Crippen molar-refractivity contribution in [3.63, 3.8) is 0 Å². The number of carbonyl (C=O) groups excluding carboxylic acids is 1. The minimum Gasteiger partial charge on any atom is -0.480 e. The third kappa shape index (κ3) is 3.49. The number of nitrogens with one attached hydrogen (secondary N) is 2. The molecule has 3 rings (SSSR count). The monoisotopic (exact) mass is 341 g/mol. The Kier molecular flexibility index (Phi) is 4.66. The first kappa shape index (κ1) is 15.9. The fourth-order valence-electron chi connectivity index (χ4n) is 2.06. The van der Waals surface area contributed by atoms with E-state index in [0.29, 0.717) is 22.4 Å². The maximum absolute atomic E-state index is 12.5. The lowest BCUT2D eigenvalue weighted by Crippen LogP contribution is -2.15. The van der Waals surface area contributed by atoms with Crippen LogP contribution in [0.25, 0.3) is 0 Å². The van der Waals surface area contributed by atoms with Crippen LogP contribution >= 0.6 is 11.3 Å². The highest BCUT2D eigenvalue weighted by Gasteiger charge is 2.17. The van der Waals surface area contributed by atoms with Crippen molar-refractivity contribution in [1.82, 2.24) is 15.0 Å². The zero-order chi connectivity index (χ0) is 16.9. The molecule has 0 atom stereocenters. The highest BCUT2D eigenvalue weighted by atomic mass is 32.1. The predicted octanol–water partition coefficient (Wildman–Crippen LogP) is 3.25. The third-order valence-corrected chi connectivity index (χ3v) is 3.87. The predicted molar refractivity (Wildman–Crippen MR) is 93.1 cm³/mol. The molecule has 0 saturated heterocycles. The van der Waals surface area contributed by atoms with Crippen molar-refractivity contribution in [3.05, 3.63) is 53.4 Å². The normalized spacial score (nSPS) is 10.2. The van der Waals surface area contributed by atoms with Gasteiger partial charge in [-0.25, -0.2) is 15.0 Å². The first-order chi connectivity index (χ1) is 11.7. The van der Waals surface area contributed by atoms with Crippen molar-refractivity contribution in [2.45, 2.75) is 6.92 Å². The number of hydrogen-bond donors (Lipinski definition) is 2. The van der Waals surface area contributed by atoms with Gasteiger partial charge in [0.1, 0.15) is 16.5 Å². The summed E-state index contributed by atoms with van der Waals surface area (Å²) >= 11 is 1.32. The Morgan fingerprint density at radius 2 is 2.08 bits per heavy atom. The summed E-state index contributed by atoms with van der Waals surface area (Å²) in [5, 5.41) is 6.49. The molecule has 0 aliphatic heterocycles. The van der Waals surface area contributed by atoms with Gasteiger partial charge in [0.05, 0.1) is 12.6 Å². The van der Waals surface area contributed by atoms with E-state index in [2.05, 4.69) is 25.6 Å². The molecule has 8 heteroatoms. The van der Waals surface area contributed by atoms with Gasteiger partial charge < -0.3 is 15.4 Å². The number of rotatable bonds is 5. The standard InChI is InChI=1S/C16H15N5O2S/c1-10-5-3-7-12(19-10)21-14(22)13-16(24-9-18-13)20-11-6-4-8-17-15(11)23-2/h3-9,20H,1-2H3,(H,19,21,22). The molecule has 122 valence electrons. The number of pyridine rings is 2. The van der Waals surface area contributed by atoms with E-state index in [1.807, 2.05) is 25.1 Å². The number of nitrogens with zero attached hydrogens (tertiary/aromatic N) is 3. The van der Waals surface area contributed by atoms with Crippen LogP contribution in [0.4, 0.5) is 16.5 Å². The molecule has 0 aliphatic rings. The minimum atomic E-state index is -0.334. The first-order valence-electron chi connectivity index (χ1n) is 7.12. The van der Waals surface area contributed by atoms with Gasteiger partial charge in [-0.15, -0.1) is 11.3 Å². The topological polar surface area (TPSA) is 89.0 Å². The molecule has 3 aromatic rings. The van der Waals surface area contributed by atoms with Crippen LogP contribution < -0.4 is 15.4 Å². The van der Waals surface area contributed by atoms with Gasteiger partial charge in [0, 0.05) is 11.9 Å². The maximum atomic E-state index is 12.5. The smallest absolute Gasteiger partial charge is 0.278 e. The van der Waals surface area contributed by atoms with Crippen LogP contribution in [0.1, 0.15) is 16.2 Å². The molecule has 0 aliphatic carbocycles. The molecule has 7 nitrogen and oxygen atoms in total. The Hall–Kier alpha value is -3.00. The Balaban J connectivity index is 1.81. The zero-order valence-electron chi connectivity index (χ0n) is 13.1. The zero-order valence-corrected chi connectivity index (χ0v) is 13.9. The second-order valence-corrected chi connectivity index (χ2v) is 5.69. The molecule has 0 radical (unpaired) electrons. The van der Waals surface area contributed by atoms with Gasteiger partial charge >= 0.3 is 0 Å².